The number of benzene rings is 1. The largest absolute Gasteiger partial charge is 0.494 e. The average Bonchev–Trinajstić information content (AvgIpc) is 2.89. The quantitative estimate of drug-likeness (QED) is 0.663. The molecule has 2 aromatic heterocycles. The molecule has 0 saturated carbocycles. The highest BCUT2D eigenvalue weighted by Gasteiger charge is 2.24. The van der Waals surface area contributed by atoms with E-state index >= 15 is 0 Å². The molecule has 0 fully saturated rings. The van der Waals surface area contributed by atoms with Crippen molar-refractivity contribution in [2.75, 3.05) is 14.2 Å². The van der Waals surface area contributed by atoms with E-state index in [1.807, 2.05) is 22.6 Å². The van der Waals surface area contributed by atoms with Gasteiger partial charge in [0.05, 0.1) is 25.2 Å². The van der Waals surface area contributed by atoms with Crippen LogP contribution in [0.15, 0.2) is 12.3 Å². The predicted octanol–water partition coefficient (Wildman–Crippen LogP) is 2.92. The van der Waals surface area contributed by atoms with Crippen LogP contribution in [0.2, 0.25) is 0 Å². The minimum atomic E-state index is -0.898. The number of hydrogen-bond acceptors (Lipinski definition) is 5. The van der Waals surface area contributed by atoms with Gasteiger partial charge < -0.3 is 9.47 Å². The Balaban J connectivity index is 2.28. The lowest BCUT2D eigenvalue weighted by Gasteiger charge is -2.11. The summed E-state index contributed by atoms with van der Waals surface area (Å²) in [6, 6.07) is 1.13. The maximum absolute atomic E-state index is 14.4. The number of fused-ring (bicyclic) bond motifs is 1. The molecule has 22 heavy (non-hydrogen) atoms. The van der Waals surface area contributed by atoms with Crippen molar-refractivity contribution in [3.8, 4) is 22.9 Å². The first-order chi connectivity index (χ1) is 10.6. The van der Waals surface area contributed by atoms with E-state index in [2.05, 4.69) is 20.2 Å². The Kier molecular flexibility index (Phi) is 3.81. The summed E-state index contributed by atoms with van der Waals surface area (Å²) in [4.78, 5) is 8.11. The van der Waals surface area contributed by atoms with Crippen molar-refractivity contribution in [2.45, 2.75) is 0 Å². The summed E-state index contributed by atoms with van der Waals surface area (Å²) < 4.78 is 39.4. The van der Waals surface area contributed by atoms with Crippen molar-refractivity contribution in [1.82, 2.24) is 20.2 Å². The molecule has 0 bridgehead atoms. The fraction of sp³-hybridized carbons (Fsp3) is 0.154. The Morgan fingerprint density at radius 1 is 1.14 bits per heavy atom. The van der Waals surface area contributed by atoms with Crippen LogP contribution in [0.3, 0.4) is 0 Å². The van der Waals surface area contributed by atoms with Crippen molar-refractivity contribution in [1.29, 1.82) is 0 Å². The van der Waals surface area contributed by atoms with E-state index in [1.54, 1.807) is 0 Å². The first-order valence-electron chi connectivity index (χ1n) is 6.03. The molecular formula is C13H9F2IN4O2. The molecule has 0 aliphatic rings. The van der Waals surface area contributed by atoms with Gasteiger partial charge in [0.1, 0.15) is 3.70 Å². The zero-order valence-electron chi connectivity index (χ0n) is 11.4. The predicted molar refractivity (Wildman–Crippen MR) is 82.9 cm³/mol. The monoisotopic (exact) mass is 418 g/mol. The highest BCUT2D eigenvalue weighted by Crippen LogP contribution is 2.36. The zero-order chi connectivity index (χ0) is 15.9. The molecule has 1 N–H and O–H groups in total. The Hall–Kier alpha value is -2.04. The van der Waals surface area contributed by atoms with Crippen molar-refractivity contribution in [3.05, 3.63) is 27.6 Å². The van der Waals surface area contributed by atoms with Gasteiger partial charge in [-0.3, -0.25) is 5.10 Å². The molecule has 114 valence electrons. The van der Waals surface area contributed by atoms with Gasteiger partial charge in [-0.2, -0.15) is 5.10 Å². The summed E-state index contributed by atoms with van der Waals surface area (Å²) in [5.41, 5.74) is -0.105. The molecule has 0 aliphatic carbocycles. The number of rotatable bonds is 3. The summed E-state index contributed by atoms with van der Waals surface area (Å²) in [5.74, 6) is -2.25. The lowest BCUT2D eigenvalue weighted by molar-refractivity contribution is 0.359. The normalized spacial score (nSPS) is 11.0. The van der Waals surface area contributed by atoms with E-state index in [4.69, 9.17) is 9.47 Å². The molecule has 1 aromatic carbocycles. The van der Waals surface area contributed by atoms with Gasteiger partial charge in [0.25, 0.3) is 0 Å². The topological polar surface area (TPSA) is 72.9 Å². The van der Waals surface area contributed by atoms with Crippen molar-refractivity contribution < 1.29 is 18.3 Å². The molecule has 0 amide bonds. The lowest BCUT2D eigenvalue weighted by atomic mass is 10.1. The SMILES string of the molecule is COc1cc(OC)c(F)c(-c2ncc3c(I)[nH]nc3n2)c1F. The fourth-order valence-corrected chi connectivity index (χ4v) is 2.48. The van der Waals surface area contributed by atoms with E-state index in [0.29, 0.717) is 11.0 Å². The van der Waals surface area contributed by atoms with Crippen LogP contribution in [0.5, 0.6) is 11.5 Å². The van der Waals surface area contributed by atoms with Crippen LogP contribution >= 0.6 is 22.6 Å². The number of aromatic nitrogens is 4. The summed E-state index contributed by atoms with van der Waals surface area (Å²) in [6.45, 7) is 0. The Labute approximate surface area is 137 Å². The van der Waals surface area contributed by atoms with Crippen molar-refractivity contribution in [2.24, 2.45) is 0 Å². The van der Waals surface area contributed by atoms with Crippen LogP contribution in [0.25, 0.3) is 22.4 Å². The lowest BCUT2D eigenvalue weighted by Crippen LogP contribution is -2.01. The summed E-state index contributed by atoms with van der Waals surface area (Å²) >= 11 is 2.03. The molecule has 6 nitrogen and oxygen atoms in total. The first kappa shape index (κ1) is 14.9. The van der Waals surface area contributed by atoms with Gasteiger partial charge in [0.15, 0.2) is 34.6 Å². The highest BCUT2D eigenvalue weighted by molar-refractivity contribution is 14.1. The van der Waals surface area contributed by atoms with Crippen molar-refractivity contribution in [3.63, 3.8) is 0 Å². The number of aromatic amines is 1. The molecule has 2 heterocycles. The van der Waals surface area contributed by atoms with E-state index in [-0.39, 0.29) is 17.3 Å². The Bertz CT molecular complexity index is 841. The number of methoxy groups -OCH3 is 2. The zero-order valence-corrected chi connectivity index (χ0v) is 13.6. The second-order valence-electron chi connectivity index (χ2n) is 4.25. The van der Waals surface area contributed by atoms with Gasteiger partial charge in [-0.25, -0.2) is 18.7 Å². The standard InChI is InChI=1S/C13H9F2IN4O2/c1-21-6-3-7(22-2)10(15)8(9(6)14)13-17-4-5-11(16)19-20-12(5)18-13/h3-4H,1-2H3,(H,17,18,19,20). The second-order valence-corrected chi connectivity index (χ2v) is 5.33. The number of halogens is 3. The first-order valence-corrected chi connectivity index (χ1v) is 7.11. The van der Waals surface area contributed by atoms with Gasteiger partial charge in [-0.15, -0.1) is 0 Å². The number of ether oxygens (including phenoxy) is 2. The van der Waals surface area contributed by atoms with E-state index in [9.17, 15) is 8.78 Å². The molecule has 0 atom stereocenters. The minimum Gasteiger partial charge on any atom is -0.494 e. The van der Waals surface area contributed by atoms with Crippen LogP contribution in [0, 0.1) is 15.3 Å². The maximum Gasteiger partial charge on any atom is 0.185 e. The molecule has 0 radical (unpaired) electrons. The number of nitrogens with zero attached hydrogens (tertiary/aromatic N) is 3. The van der Waals surface area contributed by atoms with Crippen LogP contribution < -0.4 is 9.47 Å². The summed E-state index contributed by atoms with van der Waals surface area (Å²) in [6.07, 6.45) is 1.45. The second kappa shape index (κ2) is 5.63. The molecule has 3 rings (SSSR count). The fourth-order valence-electron chi connectivity index (χ4n) is 1.98. The van der Waals surface area contributed by atoms with Gasteiger partial charge >= 0.3 is 0 Å². The van der Waals surface area contributed by atoms with E-state index in [0.717, 1.165) is 9.77 Å². The van der Waals surface area contributed by atoms with E-state index in [1.165, 1.54) is 20.4 Å². The van der Waals surface area contributed by atoms with Gasteiger partial charge in [-0.1, -0.05) is 0 Å². The van der Waals surface area contributed by atoms with Gasteiger partial charge in [0, 0.05) is 12.3 Å². The third kappa shape index (κ3) is 2.25. The van der Waals surface area contributed by atoms with Gasteiger partial charge in [0.2, 0.25) is 0 Å². The molecule has 0 saturated heterocycles. The molecule has 3 aromatic rings. The van der Waals surface area contributed by atoms with Crippen LogP contribution in [-0.2, 0) is 0 Å². The molecule has 0 aliphatic heterocycles. The van der Waals surface area contributed by atoms with Crippen molar-refractivity contribution >= 4 is 33.6 Å². The highest BCUT2D eigenvalue weighted by atomic mass is 127. The minimum absolute atomic E-state index is 0.136. The van der Waals surface area contributed by atoms with E-state index < -0.39 is 17.2 Å². The summed E-state index contributed by atoms with van der Waals surface area (Å²) in [7, 11) is 2.55. The number of hydrogen-bond donors (Lipinski definition) is 1. The van der Waals surface area contributed by atoms with Crippen LogP contribution in [0.4, 0.5) is 8.78 Å². The number of nitrogens with one attached hydrogen (secondary N) is 1. The Morgan fingerprint density at radius 3 is 2.36 bits per heavy atom. The number of H-pyrrole nitrogens is 1. The average molecular weight is 418 g/mol. The van der Waals surface area contributed by atoms with Crippen LogP contribution in [-0.4, -0.2) is 34.4 Å². The molecular weight excluding hydrogens is 409 g/mol. The molecule has 0 unspecified atom stereocenters. The molecule has 0 spiro atoms. The van der Waals surface area contributed by atoms with Gasteiger partial charge in [-0.05, 0) is 22.6 Å². The molecule has 9 heteroatoms. The summed E-state index contributed by atoms with van der Waals surface area (Å²) in [5, 5.41) is 7.35. The Morgan fingerprint density at radius 2 is 1.77 bits per heavy atom. The maximum atomic E-state index is 14.4. The third-order valence-corrected chi connectivity index (χ3v) is 3.88. The smallest absolute Gasteiger partial charge is 0.185 e. The van der Waals surface area contributed by atoms with Crippen LogP contribution in [0.1, 0.15) is 0 Å². The third-order valence-electron chi connectivity index (χ3n) is 3.06.